The van der Waals surface area contributed by atoms with Crippen LogP contribution in [0.25, 0.3) is 16.7 Å². The van der Waals surface area contributed by atoms with Gasteiger partial charge in [0.15, 0.2) is 0 Å². The largest absolute Gasteiger partial charge is 0.383 e. The first-order valence-corrected chi connectivity index (χ1v) is 18.0. The minimum Gasteiger partial charge on any atom is -0.383 e. The molecule has 236 valence electrons. The van der Waals surface area contributed by atoms with Crippen molar-refractivity contribution in [1.29, 1.82) is 0 Å². The second-order valence-corrected chi connectivity index (χ2v) is 13.9. The highest BCUT2D eigenvalue weighted by molar-refractivity contribution is 5.98. The van der Waals surface area contributed by atoms with Crippen molar-refractivity contribution in [3.05, 3.63) is 159 Å². The van der Waals surface area contributed by atoms with Gasteiger partial charge in [0.25, 0.3) is 0 Å². The average molecular weight is 615 g/mol. The van der Waals surface area contributed by atoms with Crippen LogP contribution in [-0.4, -0.2) is 5.84 Å². The molecule has 2 nitrogen and oxygen atoms in total. The predicted octanol–water partition coefficient (Wildman–Crippen LogP) is 11.4. The molecular formula is C45H46N2. The Morgan fingerprint density at radius 2 is 1.62 bits per heavy atom. The third-order valence-electron chi connectivity index (χ3n) is 11.2. The molecule has 1 saturated carbocycles. The van der Waals surface area contributed by atoms with Gasteiger partial charge < -0.3 is 5.73 Å². The minimum absolute atomic E-state index is 0.480. The van der Waals surface area contributed by atoms with E-state index in [0.29, 0.717) is 17.7 Å². The third-order valence-corrected chi connectivity index (χ3v) is 11.2. The maximum atomic E-state index is 6.51. The fourth-order valence-electron chi connectivity index (χ4n) is 8.67. The van der Waals surface area contributed by atoms with Crippen LogP contribution in [0.5, 0.6) is 0 Å². The van der Waals surface area contributed by atoms with E-state index < -0.39 is 0 Å². The molecule has 0 aromatic heterocycles. The van der Waals surface area contributed by atoms with E-state index in [0.717, 1.165) is 50.5 Å². The fourth-order valence-corrected chi connectivity index (χ4v) is 8.67. The lowest BCUT2D eigenvalue weighted by Gasteiger charge is -2.42. The molecule has 2 unspecified atom stereocenters. The number of nitrogens with zero attached hydrogens (tertiary/aromatic N) is 1. The highest BCUT2D eigenvalue weighted by Crippen LogP contribution is 2.53. The molecule has 2 N–H and O–H groups in total. The minimum atomic E-state index is 0.480. The molecule has 2 aromatic carbocycles. The van der Waals surface area contributed by atoms with E-state index in [1.165, 1.54) is 81.5 Å². The first kappa shape index (κ1) is 29.9. The summed E-state index contributed by atoms with van der Waals surface area (Å²) in [4.78, 5) is 4.89. The molecule has 2 aromatic rings. The maximum Gasteiger partial charge on any atom is 0.130 e. The second kappa shape index (κ2) is 13.0. The number of fused-ring (bicyclic) bond motifs is 6. The monoisotopic (exact) mass is 614 g/mol. The Hall–Kier alpha value is -4.43. The first-order chi connectivity index (χ1) is 23.2. The van der Waals surface area contributed by atoms with E-state index in [9.17, 15) is 0 Å². The van der Waals surface area contributed by atoms with Gasteiger partial charge in [-0.25, -0.2) is 4.99 Å². The van der Waals surface area contributed by atoms with Crippen molar-refractivity contribution in [3.8, 4) is 0 Å². The van der Waals surface area contributed by atoms with E-state index in [4.69, 9.17) is 10.7 Å². The van der Waals surface area contributed by atoms with Gasteiger partial charge in [-0.2, -0.15) is 0 Å². The molecule has 47 heavy (non-hydrogen) atoms. The van der Waals surface area contributed by atoms with Crippen LogP contribution in [0, 0.1) is 11.8 Å². The average Bonchev–Trinajstić information content (AvgIpc) is 3.15. The van der Waals surface area contributed by atoms with Crippen molar-refractivity contribution >= 4 is 22.6 Å². The summed E-state index contributed by atoms with van der Waals surface area (Å²) in [6.07, 6.45) is 34.2. The van der Waals surface area contributed by atoms with E-state index in [2.05, 4.69) is 110 Å². The zero-order chi connectivity index (χ0) is 31.7. The van der Waals surface area contributed by atoms with Crippen LogP contribution in [0.4, 0.5) is 0 Å². The van der Waals surface area contributed by atoms with Crippen molar-refractivity contribution in [2.75, 3.05) is 0 Å². The summed E-state index contributed by atoms with van der Waals surface area (Å²) in [5.41, 5.74) is 24.6. The van der Waals surface area contributed by atoms with Crippen LogP contribution in [0.3, 0.4) is 0 Å². The van der Waals surface area contributed by atoms with Crippen molar-refractivity contribution in [2.45, 2.75) is 77.6 Å². The lowest BCUT2D eigenvalue weighted by Crippen LogP contribution is -2.29. The topological polar surface area (TPSA) is 38.4 Å². The number of aliphatic imine (C=N–C) groups is 1. The van der Waals surface area contributed by atoms with E-state index in [-0.39, 0.29) is 0 Å². The lowest BCUT2D eigenvalue weighted by atomic mass is 9.62. The predicted molar refractivity (Wildman–Crippen MR) is 199 cm³/mol. The molecule has 2 heteroatoms. The molecule has 2 atom stereocenters. The smallest absolute Gasteiger partial charge is 0.130 e. The molecular weight excluding hydrogens is 569 g/mol. The molecule has 0 aliphatic heterocycles. The van der Waals surface area contributed by atoms with Gasteiger partial charge in [0.05, 0.1) is 0 Å². The molecule has 1 fully saturated rings. The SMILES string of the molecule is CCC1=C(N=C(N)c2ccc(C3=CCCC(c4cccc(C5=CC=C6C7=CCCC=C7C7CC=CC=C7C6C5)c4)=C3)cc2)CCCC1. The molecule has 0 heterocycles. The highest BCUT2D eigenvalue weighted by Gasteiger charge is 2.39. The van der Waals surface area contributed by atoms with Crippen LogP contribution in [0.15, 0.2) is 142 Å². The van der Waals surface area contributed by atoms with Crippen LogP contribution in [0.1, 0.15) is 99.8 Å². The number of allylic oxidation sites excluding steroid dienone is 18. The molecule has 0 spiro atoms. The molecule has 0 amide bonds. The Kier molecular flexibility index (Phi) is 8.28. The van der Waals surface area contributed by atoms with Crippen LogP contribution in [0.2, 0.25) is 0 Å². The fraction of sp³-hybridized carbons (Fsp3) is 0.311. The van der Waals surface area contributed by atoms with Crippen LogP contribution < -0.4 is 5.73 Å². The number of amidine groups is 1. The second-order valence-electron chi connectivity index (χ2n) is 13.9. The van der Waals surface area contributed by atoms with Gasteiger partial charge in [-0.3, -0.25) is 0 Å². The van der Waals surface area contributed by atoms with Crippen molar-refractivity contribution in [2.24, 2.45) is 22.6 Å². The summed E-state index contributed by atoms with van der Waals surface area (Å²) >= 11 is 0. The molecule has 6 aliphatic carbocycles. The third kappa shape index (κ3) is 5.84. The summed E-state index contributed by atoms with van der Waals surface area (Å²) in [6.45, 7) is 2.23. The van der Waals surface area contributed by atoms with Gasteiger partial charge in [0.1, 0.15) is 5.84 Å². The Morgan fingerprint density at radius 1 is 0.787 bits per heavy atom. The number of hydrogen-bond acceptors (Lipinski definition) is 1. The number of nitrogens with two attached hydrogens (primary N) is 1. The number of hydrogen-bond donors (Lipinski definition) is 1. The Morgan fingerprint density at radius 3 is 2.49 bits per heavy atom. The van der Waals surface area contributed by atoms with Gasteiger partial charge in [-0.05, 0) is 132 Å². The van der Waals surface area contributed by atoms with Gasteiger partial charge in [-0.1, -0.05) is 110 Å². The standard InChI is InChI=1S/C45H46N2/c1-2-30-11-3-8-20-44(30)47-45(46)32-23-21-31(22-24-32)33-12-9-13-34(27-33)35-14-10-15-36(28-35)37-25-26-42-40-18-5-4-16-38(40)39-17-6-7-19-41(39)43(42)29-37/h6-7,10,12,14-16,18-19,21-28,39,43H,2-5,8-9,11,13,17,20,29H2,1H3,(H2,46,47). The highest BCUT2D eigenvalue weighted by atomic mass is 14.9. The van der Waals surface area contributed by atoms with Gasteiger partial charge in [0.2, 0.25) is 0 Å². The normalized spacial score (nSPS) is 24.0. The quantitative estimate of drug-likeness (QED) is 0.255. The Labute approximate surface area is 281 Å². The maximum absolute atomic E-state index is 6.51. The summed E-state index contributed by atoms with van der Waals surface area (Å²) in [6, 6.07) is 18.0. The molecule has 8 rings (SSSR count). The summed E-state index contributed by atoms with van der Waals surface area (Å²) in [5, 5.41) is 0. The van der Waals surface area contributed by atoms with Gasteiger partial charge in [0, 0.05) is 23.1 Å². The first-order valence-electron chi connectivity index (χ1n) is 18.0. The summed E-state index contributed by atoms with van der Waals surface area (Å²) in [7, 11) is 0. The van der Waals surface area contributed by atoms with Crippen molar-refractivity contribution < 1.29 is 0 Å². The molecule has 0 bridgehead atoms. The zero-order valence-electron chi connectivity index (χ0n) is 27.8. The van der Waals surface area contributed by atoms with E-state index in [1.54, 1.807) is 11.1 Å². The molecule has 0 radical (unpaired) electrons. The number of benzene rings is 2. The molecule has 0 saturated heterocycles. The van der Waals surface area contributed by atoms with E-state index in [1.807, 2.05) is 0 Å². The Bertz CT molecular complexity index is 1910. The summed E-state index contributed by atoms with van der Waals surface area (Å²) in [5.74, 6) is 1.67. The van der Waals surface area contributed by atoms with Crippen LogP contribution in [-0.2, 0) is 0 Å². The van der Waals surface area contributed by atoms with Crippen molar-refractivity contribution in [3.63, 3.8) is 0 Å². The van der Waals surface area contributed by atoms with Gasteiger partial charge in [-0.15, -0.1) is 0 Å². The number of rotatable bonds is 6. The van der Waals surface area contributed by atoms with Crippen molar-refractivity contribution in [1.82, 2.24) is 0 Å². The zero-order valence-corrected chi connectivity index (χ0v) is 27.8. The molecule has 6 aliphatic rings. The van der Waals surface area contributed by atoms with Gasteiger partial charge >= 0.3 is 0 Å². The Balaban J connectivity index is 1.03. The summed E-state index contributed by atoms with van der Waals surface area (Å²) < 4.78 is 0. The van der Waals surface area contributed by atoms with E-state index >= 15 is 0 Å². The lowest BCUT2D eigenvalue weighted by molar-refractivity contribution is 0.562. The van der Waals surface area contributed by atoms with Crippen LogP contribution >= 0.6 is 0 Å².